The fourth-order valence-corrected chi connectivity index (χ4v) is 2.90. The minimum Gasteiger partial charge on any atom is -0.378 e. The van der Waals surface area contributed by atoms with Crippen LogP contribution >= 0.6 is 0 Å². The number of nitrogens with one attached hydrogen (secondary N) is 1. The summed E-state index contributed by atoms with van der Waals surface area (Å²) in [6, 6.07) is 0. The second-order valence-corrected chi connectivity index (χ2v) is 6.28. The molecule has 110 valence electrons. The van der Waals surface area contributed by atoms with Gasteiger partial charge in [0.15, 0.2) is 0 Å². The maximum atomic E-state index is 12.4. The van der Waals surface area contributed by atoms with Crippen molar-refractivity contribution in [2.24, 2.45) is 11.8 Å². The number of rotatable bonds is 4. The van der Waals surface area contributed by atoms with Crippen LogP contribution in [-0.2, 0) is 9.53 Å². The molecule has 0 aromatic carbocycles. The van der Waals surface area contributed by atoms with Gasteiger partial charge in [0.25, 0.3) is 0 Å². The van der Waals surface area contributed by atoms with E-state index in [1.54, 1.807) is 0 Å². The molecular weight excluding hydrogens is 240 g/mol. The van der Waals surface area contributed by atoms with Gasteiger partial charge in [0.1, 0.15) is 0 Å². The number of hydrogen-bond donors (Lipinski definition) is 1. The van der Waals surface area contributed by atoms with E-state index in [2.05, 4.69) is 24.1 Å². The number of amides is 1. The van der Waals surface area contributed by atoms with E-state index in [-0.39, 0.29) is 5.92 Å². The lowest BCUT2D eigenvalue weighted by Gasteiger charge is -2.35. The van der Waals surface area contributed by atoms with E-state index in [1.807, 2.05) is 0 Å². The summed E-state index contributed by atoms with van der Waals surface area (Å²) in [5, 5.41) is 3.32. The van der Waals surface area contributed by atoms with E-state index >= 15 is 0 Å². The molecular formula is C15H28N2O2. The molecule has 4 heteroatoms. The monoisotopic (exact) mass is 268 g/mol. The fraction of sp³-hybridized carbons (Fsp3) is 0.933. The van der Waals surface area contributed by atoms with Gasteiger partial charge < -0.3 is 15.0 Å². The summed E-state index contributed by atoms with van der Waals surface area (Å²) in [5.74, 6) is 1.23. The Kier molecular flexibility index (Phi) is 5.64. The summed E-state index contributed by atoms with van der Waals surface area (Å²) in [7, 11) is 0. The zero-order valence-corrected chi connectivity index (χ0v) is 12.4. The first-order valence-corrected chi connectivity index (χ1v) is 7.78. The molecule has 0 aromatic heterocycles. The molecule has 2 rings (SSSR count). The normalized spacial score (nSPS) is 23.0. The number of ether oxygens (including phenoxy) is 1. The molecule has 2 heterocycles. The van der Waals surface area contributed by atoms with Crippen LogP contribution in [0.1, 0.15) is 39.5 Å². The van der Waals surface area contributed by atoms with Crippen LogP contribution in [0.25, 0.3) is 0 Å². The molecule has 2 aliphatic rings. The maximum Gasteiger partial charge on any atom is 0.225 e. The Morgan fingerprint density at radius 3 is 2.42 bits per heavy atom. The Balaban J connectivity index is 1.71. The lowest BCUT2D eigenvalue weighted by Crippen LogP contribution is -2.46. The number of carbonyl (C=O) groups is 1. The highest BCUT2D eigenvalue weighted by atomic mass is 16.5. The third-order valence-electron chi connectivity index (χ3n) is 4.11. The first-order chi connectivity index (χ1) is 9.16. The van der Waals surface area contributed by atoms with Crippen LogP contribution in [0.15, 0.2) is 0 Å². The molecule has 19 heavy (non-hydrogen) atoms. The first kappa shape index (κ1) is 14.8. The highest BCUT2D eigenvalue weighted by molar-refractivity contribution is 5.79. The van der Waals surface area contributed by atoms with Gasteiger partial charge >= 0.3 is 0 Å². The Hall–Kier alpha value is -0.610. The Morgan fingerprint density at radius 2 is 1.84 bits per heavy atom. The van der Waals surface area contributed by atoms with E-state index in [0.717, 1.165) is 58.5 Å². The summed E-state index contributed by atoms with van der Waals surface area (Å²) in [6.07, 6.45) is 4.37. The van der Waals surface area contributed by atoms with Crippen molar-refractivity contribution in [2.45, 2.75) is 45.6 Å². The summed E-state index contributed by atoms with van der Waals surface area (Å²) >= 11 is 0. The predicted octanol–water partition coefficient (Wildman–Crippen LogP) is 1.65. The van der Waals surface area contributed by atoms with Gasteiger partial charge in [0, 0.05) is 25.6 Å². The van der Waals surface area contributed by atoms with Gasteiger partial charge in [0.05, 0.1) is 6.10 Å². The van der Waals surface area contributed by atoms with Crippen LogP contribution in [0.3, 0.4) is 0 Å². The van der Waals surface area contributed by atoms with Crippen molar-refractivity contribution in [3.63, 3.8) is 0 Å². The average molecular weight is 268 g/mol. The summed E-state index contributed by atoms with van der Waals surface area (Å²) in [6.45, 7) is 8.93. The number of likely N-dealkylation sites (tertiary alicyclic amines) is 1. The molecule has 1 amide bonds. The maximum absolute atomic E-state index is 12.4. The standard InChI is InChI=1S/C15H28N2O2/c1-12(2)11-19-14-5-9-17(10-6-14)15(18)13-3-7-16-8-4-13/h12-14,16H,3-11H2,1-2H3. The molecule has 2 saturated heterocycles. The molecule has 0 radical (unpaired) electrons. The van der Waals surface area contributed by atoms with E-state index < -0.39 is 0 Å². The first-order valence-electron chi connectivity index (χ1n) is 7.78. The molecule has 2 aliphatic heterocycles. The summed E-state index contributed by atoms with van der Waals surface area (Å²) < 4.78 is 5.87. The largest absolute Gasteiger partial charge is 0.378 e. The van der Waals surface area contributed by atoms with Gasteiger partial charge in [0.2, 0.25) is 5.91 Å². The number of carbonyl (C=O) groups excluding carboxylic acids is 1. The molecule has 1 N–H and O–H groups in total. The number of hydrogen-bond acceptors (Lipinski definition) is 3. The quantitative estimate of drug-likeness (QED) is 0.843. The zero-order valence-electron chi connectivity index (χ0n) is 12.4. The second-order valence-electron chi connectivity index (χ2n) is 6.28. The summed E-state index contributed by atoms with van der Waals surface area (Å²) in [4.78, 5) is 14.4. The minimum absolute atomic E-state index is 0.259. The molecule has 0 aliphatic carbocycles. The van der Waals surface area contributed by atoms with Crippen LogP contribution in [0.5, 0.6) is 0 Å². The minimum atomic E-state index is 0.259. The third-order valence-corrected chi connectivity index (χ3v) is 4.11. The van der Waals surface area contributed by atoms with Gasteiger partial charge in [-0.25, -0.2) is 0 Å². The van der Waals surface area contributed by atoms with Crippen molar-refractivity contribution in [1.82, 2.24) is 10.2 Å². The fourth-order valence-electron chi connectivity index (χ4n) is 2.90. The predicted molar refractivity (Wildman–Crippen MR) is 76.0 cm³/mol. The molecule has 4 nitrogen and oxygen atoms in total. The third kappa shape index (κ3) is 4.46. The van der Waals surface area contributed by atoms with E-state index in [4.69, 9.17) is 4.74 Å². The van der Waals surface area contributed by atoms with Crippen LogP contribution in [-0.4, -0.2) is 49.7 Å². The van der Waals surface area contributed by atoms with Gasteiger partial charge in [-0.05, 0) is 44.7 Å². The van der Waals surface area contributed by atoms with Crippen molar-refractivity contribution < 1.29 is 9.53 Å². The number of piperidine rings is 2. The second kappa shape index (κ2) is 7.25. The molecule has 2 fully saturated rings. The lowest BCUT2D eigenvalue weighted by atomic mass is 9.95. The molecule has 0 bridgehead atoms. The van der Waals surface area contributed by atoms with Gasteiger partial charge in [-0.15, -0.1) is 0 Å². The van der Waals surface area contributed by atoms with Crippen LogP contribution in [0.4, 0.5) is 0 Å². The Morgan fingerprint density at radius 1 is 1.21 bits per heavy atom. The molecule has 0 atom stereocenters. The highest BCUT2D eigenvalue weighted by Gasteiger charge is 2.29. The van der Waals surface area contributed by atoms with Crippen molar-refractivity contribution in [3.8, 4) is 0 Å². The van der Waals surface area contributed by atoms with E-state index in [9.17, 15) is 4.79 Å². The van der Waals surface area contributed by atoms with Crippen LogP contribution < -0.4 is 5.32 Å². The lowest BCUT2D eigenvalue weighted by molar-refractivity contribution is -0.139. The van der Waals surface area contributed by atoms with E-state index in [1.165, 1.54) is 0 Å². The smallest absolute Gasteiger partial charge is 0.225 e. The average Bonchev–Trinajstić information content (AvgIpc) is 2.46. The molecule has 0 unspecified atom stereocenters. The molecule has 0 saturated carbocycles. The van der Waals surface area contributed by atoms with Crippen molar-refractivity contribution in [1.29, 1.82) is 0 Å². The topological polar surface area (TPSA) is 41.6 Å². The van der Waals surface area contributed by atoms with Crippen LogP contribution in [0, 0.1) is 11.8 Å². The molecule has 0 spiro atoms. The van der Waals surface area contributed by atoms with Crippen LogP contribution in [0.2, 0.25) is 0 Å². The SMILES string of the molecule is CC(C)COC1CCN(C(=O)C2CCNCC2)CC1. The van der Waals surface area contributed by atoms with E-state index in [0.29, 0.717) is 17.9 Å². The van der Waals surface area contributed by atoms with Gasteiger partial charge in [-0.3, -0.25) is 4.79 Å². The highest BCUT2D eigenvalue weighted by Crippen LogP contribution is 2.20. The van der Waals surface area contributed by atoms with Crippen molar-refractivity contribution in [3.05, 3.63) is 0 Å². The van der Waals surface area contributed by atoms with Crippen molar-refractivity contribution in [2.75, 3.05) is 32.8 Å². The van der Waals surface area contributed by atoms with Gasteiger partial charge in [-0.2, -0.15) is 0 Å². The van der Waals surface area contributed by atoms with Gasteiger partial charge in [-0.1, -0.05) is 13.8 Å². The summed E-state index contributed by atoms with van der Waals surface area (Å²) in [5.41, 5.74) is 0. The Labute approximate surface area is 116 Å². The zero-order chi connectivity index (χ0) is 13.7. The van der Waals surface area contributed by atoms with Crippen molar-refractivity contribution >= 4 is 5.91 Å². The molecule has 0 aromatic rings. The Bertz CT molecular complexity index is 280. The number of nitrogens with zero attached hydrogens (tertiary/aromatic N) is 1.